The van der Waals surface area contributed by atoms with Crippen LogP contribution in [0.2, 0.25) is 0 Å². The molecule has 156 valence electrons. The third kappa shape index (κ3) is 7.93. The number of rotatable bonds is 8. The van der Waals surface area contributed by atoms with Crippen molar-refractivity contribution < 1.29 is 9.26 Å². The fourth-order valence-corrected chi connectivity index (χ4v) is 3.34. The van der Waals surface area contributed by atoms with Gasteiger partial charge in [-0.15, -0.1) is 24.0 Å². The minimum absolute atomic E-state index is 0. The largest absolute Gasteiger partial charge is 0.378 e. The molecule has 1 aromatic rings. The van der Waals surface area contributed by atoms with E-state index in [1.54, 1.807) is 7.05 Å². The second-order valence-electron chi connectivity index (χ2n) is 7.95. The second kappa shape index (κ2) is 11.8. The number of aliphatic imine (C=N–C) groups is 1. The van der Waals surface area contributed by atoms with Crippen LogP contribution in [0.4, 0.5) is 0 Å². The molecular formula is C19H36IN5O2. The van der Waals surface area contributed by atoms with Crippen LogP contribution < -0.4 is 10.6 Å². The molecule has 0 spiro atoms. The van der Waals surface area contributed by atoms with Crippen LogP contribution in [0.5, 0.6) is 0 Å². The monoisotopic (exact) mass is 493 g/mol. The fourth-order valence-electron chi connectivity index (χ4n) is 3.34. The van der Waals surface area contributed by atoms with E-state index in [1.165, 1.54) is 25.7 Å². The van der Waals surface area contributed by atoms with Gasteiger partial charge in [-0.1, -0.05) is 38.8 Å². The Kier molecular flexibility index (Phi) is 10.6. The highest BCUT2D eigenvalue weighted by atomic mass is 127. The molecular weight excluding hydrogens is 457 g/mol. The number of hydrogen-bond acceptors (Lipinski definition) is 5. The van der Waals surface area contributed by atoms with Crippen molar-refractivity contribution >= 4 is 29.9 Å². The zero-order chi connectivity index (χ0) is 19.0. The van der Waals surface area contributed by atoms with Gasteiger partial charge < -0.3 is 19.9 Å². The summed E-state index contributed by atoms with van der Waals surface area (Å²) in [7, 11) is 1.77. The Labute approximate surface area is 180 Å². The number of aromatic nitrogens is 2. The quantitative estimate of drug-likeness (QED) is 0.327. The van der Waals surface area contributed by atoms with E-state index in [0.717, 1.165) is 25.5 Å². The highest BCUT2D eigenvalue weighted by Gasteiger charge is 2.25. The third-order valence-electron chi connectivity index (χ3n) is 4.77. The van der Waals surface area contributed by atoms with Crippen molar-refractivity contribution in [3.8, 4) is 0 Å². The molecule has 1 heterocycles. The Hall–Kier alpha value is -0.900. The highest BCUT2D eigenvalue weighted by molar-refractivity contribution is 14.0. The molecule has 0 amide bonds. The standard InChI is InChI=1S/C19H35N5O2.HI/c1-6-25-15(14-9-7-8-10-14)11-12-21-18(20-5)22-13-16-23-17(26-24-16)19(2,3)4;/h14-15H,6-13H2,1-5H3,(H2,20,21,22);1H. The summed E-state index contributed by atoms with van der Waals surface area (Å²) < 4.78 is 11.3. The molecule has 1 aliphatic carbocycles. The van der Waals surface area contributed by atoms with E-state index in [0.29, 0.717) is 30.3 Å². The van der Waals surface area contributed by atoms with Gasteiger partial charge >= 0.3 is 0 Å². The van der Waals surface area contributed by atoms with Crippen LogP contribution in [0, 0.1) is 5.92 Å². The Balaban J connectivity index is 0.00000364. The number of nitrogens with zero attached hydrogens (tertiary/aromatic N) is 3. The van der Waals surface area contributed by atoms with Crippen molar-refractivity contribution in [2.45, 2.75) is 77.9 Å². The van der Waals surface area contributed by atoms with Gasteiger partial charge in [-0.2, -0.15) is 4.98 Å². The van der Waals surface area contributed by atoms with Gasteiger partial charge in [0, 0.05) is 25.6 Å². The number of guanidine groups is 1. The zero-order valence-electron chi connectivity index (χ0n) is 17.4. The first kappa shape index (κ1) is 24.1. The van der Waals surface area contributed by atoms with Gasteiger partial charge in [0.25, 0.3) is 0 Å². The van der Waals surface area contributed by atoms with Crippen LogP contribution in [0.25, 0.3) is 0 Å². The van der Waals surface area contributed by atoms with Crippen LogP contribution in [0.15, 0.2) is 9.52 Å². The number of hydrogen-bond donors (Lipinski definition) is 2. The van der Waals surface area contributed by atoms with Crippen LogP contribution in [0.1, 0.15) is 71.5 Å². The average Bonchev–Trinajstić information content (AvgIpc) is 3.28. The first-order valence-electron chi connectivity index (χ1n) is 9.83. The molecule has 8 heteroatoms. The van der Waals surface area contributed by atoms with Crippen molar-refractivity contribution in [2.24, 2.45) is 10.9 Å². The summed E-state index contributed by atoms with van der Waals surface area (Å²) in [6.07, 6.45) is 6.62. The first-order valence-corrected chi connectivity index (χ1v) is 9.83. The average molecular weight is 493 g/mol. The van der Waals surface area contributed by atoms with Gasteiger partial charge in [0.1, 0.15) is 0 Å². The SMILES string of the molecule is CCOC(CCNC(=NC)NCc1noc(C(C)(C)C)n1)C1CCCC1.I. The molecule has 0 saturated heterocycles. The maximum atomic E-state index is 5.97. The summed E-state index contributed by atoms with van der Waals surface area (Å²) in [5, 5.41) is 10.6. The lowest BCUT2D eigenvalue weighted by Gasteiger charge is -2.23. The molecule has 0 aromatic carbocycles. The Morgan fingerprint density at radius 3 is 2.56 bits per heavy atom. The molecule has 0 radical (unpaired) electrons. The maximum absolute atomic E-state index is 5.97. The summed E-state index contributed by atoms with van der Waals surface area (Å²) in [6.45, 7) is 10.3. The Bertz CT molecular complexity index is 565. The van der Waals surface area contributed by atoms with E-state index in [1.807, 2.05) is 0 Å². The summed E-state index contributed by atoms with van der Waals surface area (Å²) in [4.78, 5) is 8.70. The zero-order valence-corrected chi connectivity index (χ0v) is 19.7. The van der Waals surface area contributed by atoms with Crippen molar-refractivity contribution in [3.05, 3.63) is 11.7 Å². The summed E-state index contributed by atoms with van der Waals surface area (Å²) in [6, 6.07) is 0. The van der Waals surface area contributed by atoms with E-state index in [-0.39, 0.29) is 29.4 Å². The number of nitrogens with one attached hydrogen (secondary N) is 2. The molecule has 0 aliphatic heterocycles. The lowest BCUT2D eigenvalue weighted by molar-refractivity contribution is 0.0169. The molecule has 2 N–H and O–H groups in total. The molecule has 1 atom stereocenters. The van der Waals surface area contributed by atoms with E-state index in [4.69, 9.17) is 9.26 Å². The summed E-state index contributed by atoms with van der Waals surface area (Å²) in [5.41, 5.74) is -0.139. The molecule has 1 unspecified atom stereocenters. The van der Waals surface area contributed by atoms with E-state index in [2.05, 4.69) is 53.5 Å². The third-order valence-corrected chi connectivity index (χ3v) is 4.77. The van der Waals surface area contributed by atoms with Crippen LogP contribution in [0.3, 0.4) is 0 Å². The molecule has 0 bridgehead atoms. The smallest absolute Gasteiger partial charge is 0.232 e. The number of halogens is 1. The van der Waals surface area contributed by atoms with Crippen LogP contribution in [-0.2, 0) is 16.7 Å². The number of ether oxygens (including phenoxy) is 1. The van der Waals surface area contributed by atoms with Crippen molar-refractivity contribution in [1.82, 2.24) is 20.8 Å². The molecule has 1 fully saturated rings. The lowest BCUT2D eigenvalue weighted by atomic mass is 9.97. The lowest BCUT2D eigenvalue weighted by Crippen LogP contribution is -2.39. The van der Waals surface area contributed by atoms with Gasteiger partial charge in [-0.3, -0.25) is 4.99 Å². The van der Waals surface area contributed by atoms with E-state index >= 15 is 0 Å². The van der Waals surface area contributed by atoms with Crippen molar-refractivity contribution in [3.63, 3.8) is 0 Å². The molecule has 1 aromatic heterocycles. The molecule has 27 heavy (non-hydrogen) atoms. The summed E-state index contributed by atoms with van der Waals surface area (Å²) in [5.74, 6) is 2.74. The Morgan fingerprint density at radius 1 is 1.30 bits per heavy atom. The second-order valence-corrected chi connectivity index (χ2v) is 7.95. The summed E-state index contributed by atoms with van der Waals surface area (Å²) >= 11 is 0. The van der Waals surface area contributed by atoms with Gasteiger partial charge in [0.15, 0.2) is 11.8 Å². The van der Waals surface area contributed by atoms with Crippen molar-refractivity contribution in [2.75, 3.05) is 20.2 Å². The van der Waals surface area contributed by atoms with E-state index in [9.17, 15) is 0 Å². The minimum atomic E-state index is -0.139. The van der Waals surface area contributed by atoms with E-state index < -0.39 is 0 Å². The highest BCUT2D eigenvalue weighted by Crippen LogP contribution is 2.30. The van der Waals surface area contributed by atoms with Gasteiger partial charge in [-0.05, 0) is 32.1 Å². The topological polar surface area (TPSA) is 84.6 Å². The normalized spacial score (nSPS) is 16.9. The predicted octanol–water partition coefficient (Wildman–Crippen LogP) is 3.64. The molecule has 1 saturated carbocycles. The Morgan fingerprint density at radius 2 is 2.00 bits per heavy atom. The maximum Gasteiger partial charge on any atom is 0.232 e. The molecule has 1 aliphatic rings. The fraction of sp³-hybridized carbons (Fsp3) is 0.842. The molecule has 7 nitrogen and oxygen atoms in total. The predicted molar refractivity (Wildman–Crippen MR) is 119 cm³/mol. The minimum Gasteiger partial charge on any atom is -0.378 e. The molecule has 2 rings (SSSR count). The van der Waals surface area contributed by atoms with Gasteiger partial charge in [0.2, 0.25) is 5.89 Å². The first-order chi connectivity index (χ1) is 12.4. The van der Waals surface area contributed by atoms with Crippen LogP contribution in [-0.4, -0.2) is 42.4 Å². The van der Waals surface area contributed by atoms with Crippen LogP contribution >= 0.6 is 24.0 Å². The van der Waals surface area contributed by atoms with Crippen molar-refractivity contribution in [1.29, 1.82) is 0 Å². The van der Waals surface area contributed by atoms with Gasteiger partial charge in [0.05, 0.1) is 12.6 Å². The van der Waals surface area contributed by atoms with Gasteiger partial charge in [-0.25, -0.2) is 0 Å².